The Labute approximate surface area is 365 Å². The summed E-state index contributed by atoms with van der Waals surface area (Å²) in [6, 6.07) is 13.7. The van der Waals surface area contributed by atoms with Gasteiger partial charge in [0.25, 0.3) is 0 Å². The highest BCUT2D eigenvalue weighted by Gasteiger charge is 2.43. The van der Waals surface area contributed by atoms with Crippen LogP contribution >= 0.6 is 0 Å². The molecular weight excluding hydrogens is 775 g/mol. The second-order valence-electron chi connectivity index (χ2n) is 17.6. The van der Waals surface area contributed by atoms with E-state index in [9.17, 15) is 24.3 Å². The number of likely N-dealkylation sites (tertiary alicyclic amines) is 1. The third kappa shape index (κ3) is 14.0. The summed E-state index contributed by atoms with van der Waals surface area (Å²) in [4.78, 5) is 61.5. The molecule has 10 atom stereocenters. The van der Waals surface area contributed by atoms with Gasteiger partial charge in [0.15, 0.2) is 0 Å². The predicted molar refractivity (Wildman–Crippen MR) is 242 cm³/mol. The molecule has 2 aromatic rings. The minimum absolute atomic E-state index is 0.0152. The average molecular weight is 852 g/mol. The van der Waals surface area contributed by atoms with Gasteiger partial charge in [0.1, 0.15) is 12.3 Å². The van der Waals surface area contributed by atoms with E-state index in [-0.39, 0.29) is 66.3 Å². The Hall–Kier alpha value is -4.08. The van der Waals surface area contributed by atoms with E-state index in [1.807, 2.05) is 88.8 Å². The van der Waals surface area contributed by atoms with Crippen LogP contribution in [0.5, 0.6) is 0 Å². The molecule has 4 amide bonds. The number of anilines is 2. The van der Waals surface area contributed by atoms with Crippen molar-refractivity contribution in [3.05, 3.63) is 60.2 Å². The lowest BCUT2D eigenvalue weighted by molar-refractivity contribution is -0.146. The Kier molecular flexibility index (Phi) is 20.6. The zero-order chi connectivity index (χ0) is 45.6. The number of aliphatic hydroxyl groups is 1. The number of ether oxygens (including phenoxy) is 2. The molecule has 6 N–H and O–H groups in total. The molecule has 0 radical (unpaired) electrons. The van der Waals surface area contributed by atoms with Crippen molar-refractivity contribution in [3.63, 3.8) is 0 Å². The number of amides is 4. The number of nitrogens with zero attached hydrogens (tertiary/aromatic N) is 3. The second-order valence-corrected chi connectivity index (χ2v) is 17.6. The molecular formula is C47H77N7O7. The number of likely N-dealkylation sites (N-methyl/N-ethyl adjacent to an activating group) is 2. The Balaban J connectivity index is 1.81. The maximum atomic E-state index is 14.4. The average Bonchev–Trinajstić information content (AvgIpc) is 3.72. The fraction of sp³-hybridized carbons (Fsp3) is 0.660. The van der Waals surface area contributed by atoms with E-state index in [1.54, 1.807) is 50.3 Å². The maximum Gasteiger partial charge on any atom is 0.247 e. The second kappa shape index (κ2) is 24.5. The maximum absolute atomic E-state index is 14.4. The molecule has 14 heteroatoms. The fourth-order valence-corrected chi connectivity index (χ4v) is 8.82. The Morgan fingerprint density at radius 3 is 2.05 bits per heavy atom. The smallest absolute Gasteiger partial charge is 0.247 e. The van der Waals surface area contributed by atoms with Crippen molar-refractivity contribution < 1.29 is 33.8 Å². The number of hydrogen-bond acceptors (Lipinski definition) is 10. The van der Waals surface area contributed by atoms with Crippen LogP contribution in [0.2, 0.25) is 0 Å². The number of carbonyl (C=O) groups is 4. The quantitative estimate of drug-likeness (QED) is 0.0731. The number of rotatable bonds is 24. The van der Waals surface area contributed by atoms with E-state index < -0.39 is 42.5 Å². The lowest BCUT2D eigenvalue weighted by atomic mass is 9.89. The van der Waals surface area contributed by atoms with Gasteiger partial charge in [-0.25, -0.2) is 0 Å². The number of nitrogens with two attached hydrogens (primary N) is 1. The van der Waals surface area contributed by atoms with Gasteiger partial charge in [-0.2, -0.15) is 0 Å². The van der Waals surface area contributed by atoms with Crippen LogP contribution < -0.4 is 21.7 Å². The van der Waals surface area contributed by atoms with Crippen LogP contribution in [0.3, 0.4) is 0 Å². The molecule has 342 valence electrons. The van der Waals surface area contributed by atoms with E-state index in [2.05, 4.69) is 29.8 Å². The molecule has 0 saturated carbocycles. The molecule has 1 fully saturated rings. The minimum Gasteiger partial charge on any atom is -0.399 e. The highest BCUT2D eigenvalue weighted by atomic mass is 16.5. The van der Waals surface area contributed by atoms with E-state index in [1.165, 1.54) is 0 Å². The number of nitrogen functional groups attached to an aromatic ring is 1. The van der Waals surface area contributed by atoms with Crippen LogP contribution in [-0.2, 0) is 35.1 Å². The van der Waals surface area contributed by atoms with Gasteiger partial charge in [0.2, 0.25) is 23.6 Å². The lowest BCUT2D eigenvalue weighted by Gasteiger charge is -2.44. The largest absolute Gasteiger partial charge is 0.399 e. The first-order valence-corrected chi connectivity index (χ1v) is 22.2. The van der Waals surface area contributed by atoms with Crippen molar-refractivity contribution in [2.75, 3.05) is 52.5 Å². The van der Waals surface area contributed by atoms with Gasteiger partial charge < -0.3 is 41.2 Å². The fourth-order valence-electron chi connectivity index (χ4n) is 8.82. The molecule has 4 unspecified atom stereocenters. The summed E-state index contributed by atoms with van der Waals surface area (Å²) in [5, 5.41) is 21.1. The summed E-state index contributed by atoms with van der Waals surface area (Å²) in [5.41, 5.74) is 7.85. The number of nitrogens with one attached hydrogen (secondary N) is 3. The molecule has 61 heavy (non-hydrogen) atoms. The number of carbonyl (C=O) groups excluding carboxylic acids is 4. The molecule has 0 spiro atoms. The molecule has 1 heterocycles. The van der Waals surface area contributed by atoms with Gasteiger partial charge in [-0.3, -0.25) is 29.0 Å². The number of aliphatic hydroxyl groups excluding tert-OH is 1. The SMILES string of the molecule is CC[C@H](C)[C@@H](C(CC(=O)N1CCC[C@H]1C(OC)C(C)C(=O)N[C@@H](Cc1ccccc1)C(=O)Nc1ccc(N)cc1)OC)N(C)C(O)[C@@H](NC(=O)[C@H](C(C)C)N(C)CC)C(C)C. The van der Waals surface area contributed by atoms with Crippen LogP contribution in [0.25, 0.3) is 0 Å². The standard InChI is InChI=1S/C47H77N7O7/c1-13-31(7)42(53(10)47(59)40(29(3)4)51-46(58)41(30(5)6)52(9)14-2)38(60-11)28-39(55)54-26-18-21-37(54)43(61-12)32(8)44(56)50-36(27-33-19-16-15-17-20-33)45(57)49-35-24-22-34(48)23-25-35/h15-17,19-20,22-25,29-32,36-38,40-43,47,59H,13-14,18,21,26-28,48H2,1-12H3,(H,49,57)(H,50,56)(H,51,58)/t31-,32?,36-,37-,38?,40-,41-,42-,43?,47?/m0/s1. The van der Waals surface area contributed by atoms with E-state index in [0.717, 1.165) is 18.4 Å². The highest BCUT2D eigenvalue weighted by molar-refractivity contribution is 5.97. The third-order valence-electron chi connectivity index (χ3n) is 12.7. The van der Waals surface area contributed by atoms with Crippen molar-refractivity contribution in [1.29, 1.82) is 0 Å². The first-order chi connectivity index (χ1) is 28.9. The summed E-state index contributed by atoms with van der Waals surface area (Å²) < 4.78 is 12.1. The first kappa shape index (κ1) is 51.3. The minimum atomic E-state index is -1.06. The molecule has 0 bridgehead atoms. The Bertz CT molecular complexity index is 1660. The van der Waals surface area contributed by atoms with E-state index in [0.29, 0.717) is 30.9 Å². The van der Waals surface area contributed by atoms with Gasteiger partial charge >= 0.3 is 0 Å². The van der Waals surface area contributed by atoms with Gasteiger partial charge in [-0.15, -0.1) is 0 Å². The number of methoxy groups -OCH3 is 2. The van der Waals surface area contributed by atoms with Crippen LogP contribution in [0.15, 0.2) is 54.6 Å². The molecule has 0 aliphatic carbocycles. The van der Waals surface area contributed by atoms with Gasteiger partial charge in [-0.05, 0) is 81.1 Å². The normalized spacial score (nSPS) is 18.9. The van der Waals surface area contributed by atoms with Crippen LogP contribution in [0, 0.1) is 23.7 Å². The van der Waals surface area contributed by atoms with Crippen molar-refractivity contribution in [1.82, 2.24) is 25.3 Å². The van der Waals surface area contributed by atoms with Crippen molar-refractivity contribution in [2.24, 2.45) is 23.7 Å². The van der Waals surface area contributed by atoms with E-state index in [4.69, 9.17) is 15.2 Å². The number of benzene rings is 2. The number of hydrogen-bond donors (Lipinski definition) is 5. The van der Waals surface area contributed by atoms with Crippen LogP contribution in [0.4, 0.5) is 11.4 Å². The zero-order valence-corrected chi connectivity index (χ0v) is 38.9. The third-order valence-corrected chi connectivity index (χ3v) is 12.7. The predicted octanol–water partition coefficient (Wildman–Crippen LogP) is 4.76. The van der Waals surface area contributed by atoms with Crippen LogP contribution in [-0.4, -0.2) is 133 Å². The molecule has 3 rings (SSSR count). The van der Waals surface area contributed by atoms with Crippen LogP contribution in [0.1, 0.15) is 86.6 Å². The molecule has 0 aromatic heterocycles. The zero-order valence-electron chi connectivity index (χ0n) is 38.9. The van der Waals surface area contributed by atoms with Crippen molar-refractivity contribution in [3.8, 4) is 0 Å². The molecule has 1 aliphatic rings. The topological polar surface area (TPSA) is 179 Å². The summed E-state index contributed by atoms with van der Waals surface area (Å²) in [7, 11) is 6.90. The van der Waals surface area contributed by atoms with Crippen molar-refractivity contribution in [2.45, 2.75) is 136 Å². The summed E-state index contributed by atoms with van der Waals surface area (Å²) in [6.45, 7) is 17.1. The van der Waals surface area contributed by atoms with Gasteiger partial charge in [-0.1, -0.05) is 92.1 Å². The monoisotopic (exact) mass is 852 g/mol. The van der Waals surface area contributed by atoms with Gasteiger partial charge in [0.05, 0.1) is 42.7 Å². The van der Waals surface area contributed by atoms with Gasteiger partial charge in [0, 0.05) is 44.6 Å². The Morgan fingerprint density at radius 2 is 1.51 bits per heavy atom. The molecule has 1 aliphatic heterocycles. The summed E-state index contributed by atoms with van der Waals surface area (Å²) in [6.07, 6.45) is 0.123. The molecule has 1 saturated heterocycles. The first-order valence-electron chi connectivity index (χ1n) is 22.2. The van der Waals surface area contributed by atoms with Crippen molar-refractivity contribution >= 4 is 35.0 Å². The highest BCUT2D eigenvalue weighted by Crippen LogP contribution is 2.30. The molecule has 14 nitrogen and oxygen atoms in total. The lowest BCUT2D eigenvalue weighted by Crippen LogP contribution is -2.62. The summed E-state index contributed by atoms with van der Waals surface area (Å²) in [5.74, 6) is -1.73. The summed E-state index contributed by atoms with van der Waals surface area (Å²) >= 11 is 0. The van der Waals surface area contributed by atoms with E-state index >= 15 is 0 Å². The Morgan fingerprint density at radius 1 is 0.869 bits per heavy atom. The molecule has 2 aromatic carbocycles.